The van der Waals surface area contributed by atoms with Crippen molar-refractivity contribution in [3.63, 3.8) is 0 Å². The molecule has 5 rings (SSSR count). The van der Waals surface area contributed by atoms with Gasteiger partial charge in [-0.25, -0.2) is 0 Å². The first-order chi connectivity index (χ1) is 15.4. The minimum Gasteiger partial charge on any atom is -0.377 e. The van der Waals surface area contributed by atoms with Gasteiger partial charge in [-0.3, -0.25) is 0 Å². The zero-order chi connectivity index (χ0) is 20.9. The summed E-state index contributed by atoms with van der Waals surface area (Å²) in [6.45, 7) is 0. The third-order valence-corrected chi connectivity index (χ3v) is 5.83. The molecule has 1 aliphatic rings. The van der Waals surface area contributed by atoms with E-state index in [-0.39, 0.29) is 12.0 Å². The maximum Gasteiger partial charge on any atom is 0.0617 e. The molecule has 4 aromatic carbocycles. The van der Waals surface area contributed by atoms with E-state index in [2.05, 4.69) is 139 Å². The second kappa shape index (κ2) is 8.89. The highest BCUT2D eigenvalue weighted by atomic mass is 14.9. The highest BCUT2D eigenvalue weighted by Crippen LogP contribution is 2.36. The molecule has 2 unspecified atom stereocenters. The molecule has 150 valence electrons. The molecule has 0 amide bonds. The molecule has 1 N–H and O–H groups in total. The lowest BCUT2D eigenvalue weighted by Crippen LogP contribution is -2.22. The van der Waals surface area contributed by atoms with Crippen molar-refractivity contribution in [1.29, 1.82) is 0 Å². The monoisotopic (exact) mass is 399 g/mol. The molecule has 0 saturated carbocycles. The zero-order valence-electron chi connectivity index (χ0n) is 17.4. The van der Waals surface area contributed by atoms with E-state index in [0.717, 1.165) is 5.69 Å². The highest BCUT2D eigenvalue weighted by molar-refractivity contribution is 5.85. The second-order valence-electron chi connectivity index (χ2n) is 7.92. The van der Waals surface area contributed by atoms with Gasteiger partial charge in [0.1, 0.15) is 0 Å². The normalized spacial score (nSPS) is 17.7. The summed E-state index contributed by atoms with van der Waals surface area (Å²) in [5, 5.41) is 6.35. The van der Waals surface area contributed by atoms with Crippen LogP contribution >= 0.6 is 0 Å². The summed E-state index contributed by atoms with van der Waals surface area (Å²) < 4.78 is 0. The van der Waals surface area contributed by atoms with E-state index in [1.165, 1.54) is 27.5 Å². The van der Waals surface area contributed by atoms with E-state index in [4.69, 9.17) is 0 Å². The van der Waals surface area contributed by atoms with Gasteiger partial charge < -0.3 is 5.32 Å². The summed E-state index contributed by atoms with van der Waals surface area (Å²) in [5.41, 5.74) is 4.94. The number of allylic oxidation sites excluding steroid dienone is 3. The Bertz CT molecular complexity index is 1250. The Kier molecular flexibility index (Phi) is 5.49. The van der Waals surface area contributed by atoms with Gasteiger partial charge in [0.25, 0.3) is 0 Å². The SMILES string of the molecule is C1=CC(=Cc2ccccc2)C(C(Nc2ccc3ccccc3c2)c2ccccc2)C=C1. The Labute approximate surface area is 184 Å². The Balaban J connectivity index is 1.54. The molecule has 1 heteroatoms. The van der Waals surface area contributed by atoms with Crippen LogP contribution in [0.25, 0.3) is 16.8 Å². The molecule has 0 bridgehead atoms. The van der Waals surface area contributed by atoms with Gasteiger partial charge in [0.2, 0.25) is 0 Å². The molecular formula is C30H25N. The van der Waals surface area contributed by atoms with Gasteiger partial charge in [0.05, 0.1) is 6.04 Å². The van der Waals surface area contributed by atoms with Gasteiger partial charge in [-0.05, 0) is 39.6 Å². The number of benzene rings is 4. The molecular weight excluding hydrogens is 374 g/mol. The minimum absolute atomic E-state index is 0.124. The van der Waals surface area contributed by atoms with Crippen LogP contribution in [0, 0.1) is 5.92 Å². The fourth-order valence-corrected chi connectivity index (χ4v) is 4.26. The first-order valence-electron chi connectivity index (χ1n) is 10.8. The third kappa shape index (κ3) is 4.36. The van der Waals surface area contributed by atoms with Crippen LogP contribution in [0.1, 0.15) is 17.2 Å². The molecule has 0 spiro atoms. The summed E-state index contributed by atoms with van der Waals surface area (Å²) >= 11 is 0. The molecule has 0 radical (unpaired) electrons. The molecule has 1 aliphatic carbocycles. The third-order valence-electron chi connectivity index (χ3n) is 5.83. The number of fused-ring (bicyclic) bond motifs is 1. The lowest BCUT2D eigenvalue weighted by atomic mass is 9.83. The average Bonchev–Trinajstić information content (AvgIpc) is 2.84. The van der Waals surface area contributed by atoms with Crippen LogP contribution in [0.3, 0.4) is 0 Å². The van der Waals surface area contributed by atoms with Crippen molar-refractivity contribution in [3.05, 3.63) is 144 Å². The van der Waals surface area contributed by atoms with Gasteiger partial charge >= 0.3 is 0 Å². The average molecular weight is 400 g/mol. The van der Waals surface area contributed by atoms with Crippen molar-refractivity contribution < 1.29 is 0 Å². The van der Waals surface area contributed by atoms with E-state index in [0.29, 0.717) is 0 Å². The predicted molar refractivity (Wildman–Crippen MR) is 133 cm³/mol. The maximum atomic E-state index is 3.85. The lowest BCUT2D eigenvalue weighted by Gasteiger charge is -2.30. The summed E-state index contributed by atoms with van der Waals surface area (Å²) in [5.74, 6) is 0.221. The lowest BCUT2D eigenvalue weighted by molar-refractivity contribution is 0.640. The topological polar surface area (TPSA) is 12.0 Å². The summed E-state index contributed by atoms with van der Waals surface area (Å²) in [7, 11) is 0. The first kappa shape index (κ1) is 19.1. The fourth-order valence-electron chi connectivity index (χ4n) is 4.26. The van der Waals surface area contributed by atoms with Crippen molar-refractivity contribution >= 4 is 22.5 Å². The Hall–Kier alpha value is -3.84. The molecule has 0 aliphatic heterocycles. The van der Waals surface area contributed by atoms with Crippen LogP contribution in [0.15, 0.2) is 133 Å². The van der Waals surface area contributed by atoms with Crippen LogP contribution in [0.4, 0.5) is 5.69 Å². The number of anilines is 1. The summed E-state index contributed by atoms with van der Waals surface area (Å²) in [6.07, 6.45) is 11.1. The van der Waals surface area contributed by atoms with E-state index in [1.807, 2.05) is 0 Å². The molecule has 2 atom stereocenters. The molecule has 1 nitrogen and oxygen atoms in total. The first-order valence-corrected chi connectivity index (χ1v) is 10.8. The van der Waals surface area contributed by atoms with Crippen LogP contribution in [-0.4, -0.2) is 0 Å². The van der Waals surface area contributed by atoms with Gasteiger partial charge in [0.15, 0.2) is 0 Å². The maximum absolute atomic E-state index is 3.85. The van der Waals surface area contributed by atoms with Crippen LogP contribution < -0.4 is 5.32 Å². The van der Waals surface area contributed by atoms with Crippen molar-refractivity contribution in [3.8, 4) is 0 Å². The second-order valence-corrected chi connectivity index (χ2v) is 7.92. The number of nitrogens with one attached hydrogen (secondary N) is 1. The van der Waals surface area contributed by atoms with E-state index in [1.54, 1.807) is 0 Å². The van der Waals surface area contributed by atoms with Crippen molar-refractivity contribution in [2.45, 2.75) is 6.04 Å². The summed E-state index contributed by atoms with van der Waals surface area (Å²) in [4.78, 5) is 0. The van der Waals surface area contributed by atoms with E-state index in [9.17, 15) is 0 Å². The molecule has 31 heavy (non-hydrogen) atoms. The summed E-state index contributed by atoms with van der Waals surface area (Å²) in [6, 6.07) is 36.5. The van der Waals surface area contributed by atoms with Crippen LogP contribution in [0.2, 0.25) is 0 Å². The quantitative estimate of drug-likeness (QED) is 0.361. The molecule has 4 aromatic rings. The van der Waals surface area contributed by atoms with Crippen molar-refractivity contribution in [2.24, 2.45) is 5.92 Å². The Morgan fingerprint density at radius 1 is 0.677 bits per heavy atom. The van der Waals surface area contributed by atoms with Crippen molar-refractivity contribution in [1.82, 2.24) is 0 Å². The van der Waals surface area contributed by atoms with Crippen molar-refractivity contribution in [2.75, 3.05) is 5.32 Å². The van der Waals surface area contributed by atoms with Crippen LogP contribution in [0.5, 0.6) is 0 Å². The zero-order valence-corrected chi connectivity index (χ0v) is 17.4. The predicted octanol–water partition coefficient (Wildman–Crippen LogP) is 7.82. The largest absolute Gasteiger partial charge is 0.377 e. The molecule has 0 fully saturated rings. The molecule has 0 heterocycles. The Morgan fingerprint density at radius 2 is 1.39 bits per heavy atom. The fraction of sp³-hybridized carbons (Fsp3) is 0.0667. The van der Waals surface area contributed by atoms with Crippen LogP contribution in [-0.2, 0) is 0 Å². The smallest absolute Gasteiger partial charge is 0.0617 e. The van der Waals surface area contributed by atoms with E-state index >= 15 is 0 Å². The molecule has 0 aromatic heterocycles. The minimum atomic E-state index is 0.124. The standard InChI is InChI=1S/C30H25N/c1-3-11-23(12-4-1)21-27-17-9-10-18-29(27)30(25-14-5-2-6-15-25)31-28-20-19-24-13-7-8-16-26(24)22-28/h1-22,29-31H. The van der Waals surface area contributed by atoms with Gasteiger partial charge in [0, 0.05) is 11.6 Å². The molecule has 0 saturated heterocycles. The Morgan fingerprint density at radius 3 is 2.19 bits per heavy atom. The number of hydrogen-bond donors (Lipinski definition) is 1. The highest BCUT2D eigenvalue weighted by Gasteiger charge is 2.24. The van der Waals surface area contributed by atoms with Gasteiger partial charge in [-0.15, -0.1) is 0 Å². The van der Waals surface area contributed by atoms with Gasteiger partial charge in [-0.2, -0.15) is 0 Å². The van der Waals surface area contributed by atoms with Gasteiger partial charge in [-0.1, -0.05) is 121 Å². The van der Waals surface area contributed by atoms with E-state index < -0.39 is 0 Å². The number of hydrogen-bond acceptors (Lipinski definition) is 1. The number of rotatable bonds is 5.